The first kappa shape index (κ1) is 45.2. The number of allylic oxidation sites excluding steroid dienone is 14. The number of hydrogen-bond acceptors (Lipinski definition) is 15. The number of primary amides is 1. The highest BCUT2D eigenvalue weighted by Crippen LogP contribution is 2.35. The van der Waals surface area contributed by atoms with Gasteiger partial charge in [-0.05, 0) is 38.2 Å². The van der Waals surface area contributed by atoms with Crippen LogP contribution in [0.25, 0.3) is 0 Å². The van der Waals surface area contributed by atoms with Gasteiger partial charge in [0.15, 0.2) is 24.6 Å². The molecule has 4 fully saturated rings. The number of Topliss-reactive ketones (excluding diaryl/α,β-unsaturated/α-hetero) is 1. The Kier molecular flexibility index (Phi) is 16.7. The standard InChI is InChI=1S/C37H46Cl2N2O15/c1-18(38)11-10-13-20(39)12-8-6-4-3-5-7-9-14-22(42)26-28(46)21(15-25(40)44)41(34(26)51)35-33(29(47)23(43)16-52-35)56-36-32(50)30(48)24(17-53-36)55-37-31(49)27(45)19(2)54-37/h3-14,19,21,23-24,27,29-33,35-37,42-43,45,47-50H,15-17H2,1-2H3,(H2,40,44)/b4-3?,7-5?,8-6?,13-10?,14-9?,18-11?,20-12?,26-22-/t19-,21+,23-,24-,27-,29+,30-,31+,32+,33-,35-,36+,37+/m1/s1. The Bertz CT molecular complexity index is 1670. The average molecular weight is 830 g/mol. The molecule has 0 aromatic carbocycles. The van der Waals surface area contributed by atoms with Crippen LogP contribution in [-0.4, -0.2) is 151 Å². The summed E-state index contributed by atoms with van der Waals surface area (Å²) in [4.78, 5) is 40.2. The van der Waals surface area contributed by atoms with E-state index in [0.29, 0.717) is 10.1 Å². The molecule has 13 atom stereocenters. The molecule has 4 aliphatic heterocycles. The number of likely N-dealkylation sites (tertiary alicyclic amines) is 1. The summed E-state index contributed by atoms with van der Waals surface area (Å²) < 4.78 is 27.9. The van der Waals surface area contributed by atoms with Gasteiger partial charge < -0.3 is 65.2 Å². The van der Waals surface area contributed by atoms with Crippen LogP contribution >= 0.6 is 23.2 Å². The monoisotopic (exact) mass is 828 g/mol. The van der Waals surface area contributed by atoms with E-state index in [0.717, 1.165) is 11.0 Å². The molecule has 0 aromatic heterocycles. The van der Waals surface area contributed by atoms with Crippen molar-refractivity contribution in [2.45, 2.75) is 100 Å². The summed E-state index contributed by atoms with van der Waals surface area (Å²) in [6, 6.07) is -1.63. The first-order valence-corrected chi connectivity index (χ1v) is 18.2. The topological polar surface area (TPSA) is 268 Å². The third kappa shape index (κ3) is 11.3. The van der Waals surface area contributed by atoms with Crippen molar-refractivity contribution in [3.63, 3.8) is 0 Å². The Labute approximate surface area is 332 Å². The molecule has 56 heavy (non-hydrogen) atoms. The quantitative estimate of drug-likeness (QED) is 0.0492. The van der Waals surface area contributed by atoms with E-state index in [1.54, 1.807) is 61.6 Å². The summed E-state index contributed by atoms with van der Waals surface area (Å²) in [7, 11) is 0. The minimum Gasteiger partial charge on any atom is -0.507 e. The van der Waals surface area contributed by atoms with Crippen LogP contribution < -0.4 is 5.73 Å². The predicted molar refractivity (Wildman–Crippen MR) is 198 cm³/mol. The molecule has 308 valence electrons. The maximum atomic E-state index is 13.8. The van der Waals surface area contributed by atoms with Crippen molar-refractivity contribution >= 4 is 40.8 Å². The van der Waals surface area contributed by atoms with Crippen LogP contribution in [0.15, 0.2) is 94.3 Å². The lowest BCUT2D eigenvalue weighted by Crippen LogP contribution is -2.65. The number of nitrogens with zero attached hydrogens (tertiary/aromatic N) is 1. The molecule has 0 aliphatic carbocycles. The van der Waals surface area contributed by atoms with E-state index in [-0.39, 0.29) is 0 Å². The number of ketones is 1. The van der Waals surface area contributed by atoms with Gasteiger partial charge in [0.05, 0.1) is 25.7 Å². The molecule has 0 aromatic rings. The zero-order chi connectivity index (χ0) is 41.3. The molecule has 0 spiro atoms. The fraction of sp³-hybridized carbons (Fsp3) is 0.486. The second kappa shape index (κ2) is 20.8. The molecule has 4 rings (SSSR count). The highest BCUT2D eigenvalue weighted by Gasteiger charge is 2.56. The van der Waals surface area contributed by atoms with Gasteiger partial charge in [0.2, 0.25) is 5.91 Å². The summed E-state index contributed by atoms with van der Waals surface area (Å²) >= 11 is 11.8. The molecule has 4 saturated heterocycles. The fourth-order valence-corrected chi connectivity index (χ4v) is 6.25. The van der Waals surface area contributed by atoms with Gasteiger partial charge in [0, 0.05) is 10.1 Å². The third-order valence-corrected chi connectivity index (χ3v) is 9.34. The van der Waals surface area contributed by atoms with Crippen LogP contribution in [0.5, 0.6) is 0 Å². The number of hydrogen-bond donors (Lipinski definition) is 8. The number of amides is 2. The van der Waals surface area contributed by atoms with Crippen molar-refractivity contribution in [2.75, 3.05) is 13.2 Å². The molecular formula is C37H46Cl2N2O15. The van der Waals surface area contributed by atoms with Gasteiger partial charge in [0.25, 0.3) is 5.91 Å². The number of carbonyl (C=O) groups excluding carboxylic acids is 3. The third-order valence-electron chi connectivity index (χ3n) is 8.96. The lowest BCUT2D eigenvalue weighted by Gasteiger charge is -2.46. The summed E-state index contributed by atoms with van der Waals surface area (Å²) in [5, 5.41) is 75.2. The Hall–Kier alpha value is -3.53. The number of rotatable bonds is 14. The van der Waals surface area contributed by atoms with Crippen LogP contribution in [0.4, 0.5) is 0 Å². The van der Waals surface area contributed by atoms with Crippen molar-refractivity contribution in [1.82, 2.24) is 4.90 Å². The van der Waals surface area contributed by atoms with E-state index in [1.165, 1.54) is 19.1 Å². The SMILES string of the molecule is CC(Cl)=CC=CC(Cl)=CC=CC=CC=CC=C/C(O)=C1\C(=O)[C@H](CC(N)=O)N([C@@H]2OC[C@@H](O)[C@H](O)[C@H]2O[C@@H]2OC[C@@H](O[C@@H]3O[C@H](C)[C@@H](O)[C@@H]3O)[C@@H](O)[C@@H]2O)C1=O. The van der Waals surface area contributed by atoms with Crippen molar-refractivity contribution in [1.29, 1.82) is 0 Å². The van der Waals surface area contributed by atoms with Crippen LogP contribution in [0.2, 0.25) is 0 Å². The number of nitrogens with two attached hydrogens (primary N) is 1. The molecule has 9 N–H and O–H groups in total. The molecule has 2 amide bonds. The maximum Gasteiger partial charge on any atom is 0.264 e. The maximum absolute atomic E-state index is 13.8. The highest BCUT2D eigenvalue weighted by atomic mass is 35.5. The van der Waals surface area contributed by atoms with Crippen LogP contribution in [0.3, 0.4) is 0 Å². The van der Waals surface area contributed by atoms with E-state index in [2.05, 4.69) is 0 Å². The lowest BCUT2D eigenvalue weighted by molar-refractivity contribution is -0.338. The van der Waals surface area contributed by atoms with Gasteiger partial charge in [-0.3, -0.25) is 19.3 Å². The van der Waals surface area contributed by atoms with E-state index in [4.69, 9.17) is 52.6 Å². The van der Waals surface area contributed by atoms with Crippen LogP contribution in [0.1, 0.15) is 20.3 Å². The van der Waals surface area contributed by atoms with Crippen LogP contribution in [0, 0.1) is 0 Å². The first-order valence-electron chi connectivity index (χ1n) is 17.4. The highest BCUT2D eigenvalue weighted by molar-refractivity contribution is 6.31. The lowest BCUT2D eigenvalue weighted by atomic mass is 10.0. The average Bonchev–Trinajstić information content (AvgIpc) is 3.52. The Morgan fingerprint density at radius 1 is 0.821 bits per heavy atom. The van der Waals surface area contributed by atoms with Crippen molar-refractivity contribution in [3.8, 4) is 0 Å². The second-order valence-electron chi connectivity index (χ2n) is 13.1. The molecule has 4 heterocycles. The van der Waals surface area contributed by atoms with E-state index in [1.807, 2.05) is 0 Å². The van der Waals surface area contributed by atoms with Gasteiger partial charge in [-0.25, -0.2) is 0 Å². The molecule has 4 aliphatic rings. The van der Waals surface area contributed by atoms with Gasteiger partial charge >= 0.3 is 0 Å². The fourth-order valence-electron chi connectivity index (χ4n) is 6.03. The minimum absolute atomic E-state index is 0.464. The molecule has 0 radical (unpaired) electrons. The summed E-state index contributed by atoms with van der Waals surface area (Å²) in [6.07, 6.45) is -0.244. The van der Waals surface area contributed by atoms with Gasteiger partial charge in [-0.15, -0.1) is 0 Å². The van der Waals surface area contributed by atoms with E-state index in [9.17, 15) is 50.1 Å². The molecule has 17 nitrogen and oxygen atoms in total. The Balaban J connectivity index is 1.48. The Morgan fingerprint density at radius 3 is 2.09 bits per heavy atom. The van der Waals surface area contributed by atoms with Crippen molar-refractivity contribution in [3.05, 3.63) is 94.3 Å². The summed E-state index contributed by atoms with van der Waals surface area (Å²) in [5.41, 5.74) is 4.68. The number of aliphatic hydroxyl groups is 7. The normalized spacial score (nSPS) is 37.5. The zero-order valence-corrected chi connectivity index (χ0v) is 31.7. The largest absolute Gasteiger partial charge is 0.507 e. The molecular weight excluding hydrogens is 783 g/mol. The molecule has 0 bridgehead atoms. The van der Waals surface area contributed by atoms with Gasteiger partial charge in [-0.2, -0.15) is 0 Å². The Morgan fingerprint density at radius 2 is 1.46 bits per heavy atom. The van der Waals surface area contributed by atoms with Crippen molar-refractivity contribution < 1.29 is 73.8 Å². The van der Waals surface area contributed by atoms with Gasteiger partial charge in [-0.1, -0.05) is 71.8 Å². The number of halogens is 2. The smallest absolute Gasteiger partial charge is 0.264 e. The minimum atomic E-state index is -1.89. The van der Waals surface area contributed by atoms with Crippen molar-refractivity contribution in [2.24, 2.45) is 5.73 Å². The van der Waals surface area contributed by atoms with E-state index < -0.39 is 128 Å². The number of ether oxygens (including phenoxy) is 5. The number of aliphatic hydroxyl groups excluding tert-OH is 7. The van der Waals surface area contributed by atoms with Gasteiger partial charge in [0.1, 0.15) is 66.2 Å². The summed E-state index contributed by atoms with van der Waals surface area (Å²) in [6.45, 7) is 2.19. The number of carbonyl (C=O) groups is 3. The summed E-state index contributed by atoms with van der Waals surface area (Å²) in [5.74, 6) is -3.88. The molecule has 0 unspecified atom stereocenters. The van der Waals surface area contributed by atoms with Crippen LogP contribution in [-0.2, 0) is 38.1 Å². The molecule has 19 heteroatoms. The van der Waals surface area contributed by atoms with E-state index >= 15 is 0 Å². The first-order chi connectivity index (χ1) is 26.5. The predicted octanol–water partition coefficient (Wildman–Crippen LogP) is -0.107. The zero-order valence-electron chi connectivity index (χ0n) is 30.2. The second-order valence-corrected chi connectivity index (χ2v) is 14.2. The molecule has 0 saturated carbocycles.